The summed E-state index contributed by atoms with van der Waals surface area (Å²) >= 11 is 0. The fourth-order valence-corrected chi connectivity index (χ4v) is 2.46. The van der Waals surface area contributed by atoms with Crippen LogP contribution in [0.15, 0.2) is 24.3 Å². The number of aromatic amines is 1. The van der Waals surface area contributed by atoms with Crippen molar-refractivity contribution in [1.82, 2.24) is 20.8 Å². The lowest BCUT2D eigenvalue weighted by Crippen LogP contribution is -2.50. The van der Waals surface area contributed by atoms with E-state index in [-0.39, 0.29) is 11.6 Å². The topological polar surface area (TPSA) is 124 Å². The van der Waals surface area contributed by atoms with Gasteiger partial charge in [0, 0.05) is 5.39 Å². The van der Waals surface area contributed by atoms with Gasteiger partial charge in [-0.3, -0.25) is 14.7 Å². The van der Waals surface area contributed by atoms with Gasteiger partial charge >= 0.3 is 5.97 Å². The number of amides is 2. The molecule has 1 heterocycles. The molecule has 0 fully saturated rings. The number of aliphatic carboxylic acids is 1. The molecule has 134 valence electrons. The van der Waals surface area contributed by atoms with Crippen molar-refractivity contribution in [2.45, 2.75) is 39.3 Å². The van der Waals surface area contributed by atoms with Gasteiger partial charge < -0.3 is 15.7 Å². The van der Waals surface area contributed by atoms with Gasteiger partial charge in [0.2, 0.25) is 5.91 Å². The number of hydrogen-bond donors (Lipinski definition) is 4. The van der Waals surface area contributed by atoms with Gasteiger partial charge in [0.05, 0.1) is 5.52 Å². The summed E-state index contributed by atoms with van der Waals surface area (Å²) in [6.45, 7) is 5.24. The highest BCUT2D eigenvalue weighted by Gasteiger charge is 2.25. The molecule has 25 heavy (non-hydrogen) atoms. The Kier molecular flexibility index (Phi) is 5.74. The highest BCUT2D eigenvalue weighted by atomic mass is 16.4. The molecule has 2 unspecified atom stereocenters. The first-order valence-electron chi connectivity index (χ1n) is 8.06. The molecular formula is C17H22N4O4. The molecule has 0 aliphatic heterocycles. The molecule has 0 radical (unpaired) electrons. The number of carboxylic acids is 1. The van der Waals surface area contributed by atoms with Gasteiger partial charge in [0.15, 0.2) is 5.69 Å². The molecule has 0 saturated carbocycles. The number of para-hydroxylation sites is 1. The van der Waals surface area contributed by atoms with Crippen molar-refractivity contribution in [3.8, 4) is 0 Å². The first kappa shape index (κ1) is 18.4. The van der Waals surface area contributed by atoms with Gasteiger partial charge in [-0.25, -0.2) is 4.79 Å². The minimum absolute atomic E-state index is 0.113. The maximum atomic E-state index is 12.3. The maximum absolute atomic E-state index is 12.3. The number of carbonyl (C=O) groups is 3. The van der Waals surface area contributed by atoms with E-state index >= 15 is 0 Å². The highest BCUT2D eigenvalue weighted by molar-refractivity contribution is 6.06. The second-order valence-corrected chi connectivity index (χ2v) is 6.34. The molecule has 8 heteroatoms. The smallest absolute Gasteiger partial charge is 0.326 e. The number of carbonyl (C=O) groups excluding carboxylic acids is 2. The Balaban J connectivity index is 2.02. The van der Waals surface area contributed by atoms with E-state index in [1.807, 2.05) is 19.9 Å². The van der Waals surface area contributed by atoms with Gasteiger partial charge in [-0.2, -0.15) is 5.10 Å². The monoisotopic (exact) mass is 346 g/mol. The Hall–Kier alpha value is -2.90. The van der Waals surface area contributed by atoms with Crippen molar-refractivity contribution >= 4 is 28.7 Å². The van der Waals surface area contributed by atoms with Crippen LogP contribution in [0.1, 0.15) is 37.7 Å². The number of hydrogen-bond acceptors (Lipinski definition) is 4. The zero-order valence-electron chi connectivity index (χ0n) is 14.4. The second kappa shape index (κ2) is 7.78. The van der Waals surface area contributed by atoms with Crippen LogP contribution in [0.25, 0.3) is 10.9 Å². The van der Waals surface area contributed by atoms with Crippen LogP contribution in [-0.2, 0) is 9.59 Å². The van der Waals surface area contributed by atoms with Crippen molar-refractivity contribution in [3.05, 3.63) is 30.0 Å². The van der Waals surface area contributed by atoms with Crippen molar-refractivity contribution in [2.75, 3.05) is 0 Å². The average Bonchev–Trinajstić information content (AvgIpc) is 2.97. The Morgan fingerprint density at radius 3 is 2.48 bits per heavy atom. The second-order valence-electron chi connectivity index (χ2n) is 6.34. The van der Waals surface area contributed by atoms with Crippen LogP contribution < -0.4 is 10.6 Å². The van der Waals surface area contributed by atoms with E-state index in [4.69, 9.17) is 0 Å². The summed E-state index contributed by atoms with van der Waals surface area (Å²) < 4.78 is 0. The summed E-state index contributed by atoms with van der Waals surface area (Å²) in [5.74, 6) is -2.04. The van der Waals surface area contributed by atoms with Gasteiger partial charge in [0.25, 0.3) is 5.91 Å². The van der Waals surface area contributed by atoms with Crippen LogP contribution in [0.3, 0.4) is 0 Å². The van der Waals surface area contributed by atoms with Crippen molar-refractivity contribution in [3.63, 3.8) is 0 Å². The van der Waals surface area contributed by atoms with Gasteiger partial charge in [-0.05, 0) is 25.3 Å². The predicted molar refractivity (Wildman–Crippen MR) is 92.0 cm³/mol. The van der Waals surface area contributed by atoms with E-state index in [0.717, 1.165) is 0 Å². The minimum Gasteiger partial charge on any atom is -0.480 e. The van der Waals surface area contributed by atoms with Crippen LogP contribution >= 0.6 is 0 Å². The van der Waals surface area contributed by atoms with Crippen molar-refractivity contribution < 1.29 is 19.5 Å². The molecule has 0 aliphatic rings. The summed E-state index contributed by atoms with van der Waals surface area (Å²) in [7, 11) is 0. The van der Waals surface area contributed by atoms with Gasteiger partial charge in [-0.1, -0.05) is 32.0 Å². The zero-order valence-corrected chi connectivity index (χ0v) is 14.4. The Labute approximate surface area is 145 Å². The fourth-order valence-electron chi connectivity index (χ4n) is 2.46. The van der Waals surface area contributed by atoms with Crippen molar-refractivity contribution in [2.24, 2.45) is 5.92 Å². The third kappa shape index (κ3) is 4.56. The Morgan fingerprint density at radius 1 is 1.16 bits per heavy atom. The number of rotatable bonds is 7. The molecule has 4 N–H and O–H groups in total. The van der Waals surface area contributed by atoms with E-state index in [9.17, 15) is 19.5 Å². The van der Waals surface area contributed by atoms with Crippen LogP contribution in [0.4, 0.5) is 0 Å². The molecule has 2 aromatic rings. The van der Waals surface area contributed by atoms with Crippen LogP contribution in [0, 0.1) is 5.92 Å². The summed E-state index contributed by atoms with van der Waals surface area (Å²) in [6, 6.07) is 5.27. The molecule has 8 nitrogen and oxygen atoms in total. The lowest BCUT2D eigenvalue weighted by Gasteiger charge is -2.19. The highest BCUT2D eigenvalue weighted by Crippen LogP contribution is 2.15. The normalized spacial score (nSPS) is 13.4. The standard InChI is InChI=1S/C17H22N4O4/c1-9(2)8-13(17(24)25)19-15(22)10(3)18-16(23)14-11-6-4-5-7-12(11)20-21-14/h4-7,9-10,13H,8H2,1-3H3,(H,18,23)(H,19,22)(H,20,21)(H,24,25). The molecule has 0 saturated heterocycles. The van der Waals surface area contributed by atoms with Crippen LogP contribution in [-0.4, -0.2) is 45.2 Å². The van der Waals surface area contributed by atoms with E-state index in [2.05, 4.69) is 20.8 Å². The van der Waals surface area contributed by atoms with Gasteiger partial charge in [0.1, 0.15) is 12.1 Å². The summed E-state index contributed by atoms with van der Waals surface area (Å²) in [5.41, 5.74) is 0.903. The number of benzene rings is 1. The van der Waals surface area contributed by atoms with E-state index < -0.39 is 29.9 Å². The molecular weight excluding hydrogens is 324 g/mol. The van der Waals surface area contributed by atoms with E-state index in [1.54, 1.807) is 18.2 Å². The Bertz CT molecular complexity index is 784. The lowest BCUT2D eigenvalue weighted by molar-refractivity contribution is -0.142. The van der Waals surface area contributed by atoms with Crippen LogP contribution in [0.5, 0.6) is 0 Å². The van der Waals surface area contributed by atoms with E-state index in [0.29, 0.717) is 17.3 Å². The SMILES string of the molecule is CC(C)CC(NC(=O)C(C)NC(=O)c1n[nH]c2ccccc12)C(=O)O. The summed E-state index contributed by atoms with van der Waals surface area (Å²) in [4.78, 5) is 35.8. The fraction of sp³-hybridized carbons (Fsp3) is 0.412. The molecule has 1 aromatic heterocycles. The zero-order chi connectivity index (χ0) is 18.6. The number of nitrogens with zero attached hydrogens (tertiary/aromatic N) is 1. The predicted octanol–water partition coefficient (Wildman–Crippen LogP) is 1.30. The molecule has 2 rings (SSSR count). The molecule has 2 amide bonds. The quantitative estimate of drug-likeness (QED) is 0.601. The van der Waals surface area contributed by atoms with E-state index in [1.165, 1.54) is 6.92 Å². The summed E-state index contributed by atoms with van der Waals surface area (Å²) in [5, 5.41) is 21.6. The minimum atomic E-state index is -1.10. The number of carboxylic acid groups (broad SMARTS) is 1. The largest absolute Gasteiger partial charge is 0.480 e. The van der Waals surface area contributed by atoms with Crippen LogP contribution in [0.2, 0.25) is 0 Å². The molecule has 0 bridgehead atoms. The van der Waals surface area contributed by atoms with Crippen molar-refractivity contribution in [1.29, 1.82) is 0 Å². The third-order valence-corrected chi connectivity index (χ3v) is 3.75. The average molecular weight is 346 g/mol. The molecule has 0 aliphatic carbocycles. The third-order valence-electron chi connectivity index (χ3n) is 3.75. The Morgan fingerprint density at radius 2 is 1.84 bits per heavy atom. The number of aromatic nitrogens is 2. The molecule has 0 spiro atoms. The first-order chi connectivity index (χ1) is 11.8. The molecule has 1 aromatic carbocycles. The maximum Gasteiger partial charge on any atom is 0.326 e. The first-order valence-corrected chi connectivity index (χ1v) is 8.06. The summed E-state index contributed by atoms with van der Waals surface area (Å²) in [6.07, 6.45) is 0.311. The number of nitrogens with one attached hydrogen (secondary N) is 3. The number of H-pyrrole nitrogens is 1. The van der Waals surface area contributed by atoms with Gasteiger partial charge in [-0.15, -0.1) is 0 Å². The molecule has 2 atom stereocenters. The number of fused-ring (bicyclic) bond motifs is 1. The lowest BCUT2D eigenvalue weighted by atomic mass is 10.0.